The second-order valence-electron chi connectivity index (χ2n) is 11.3. The number of hydrogen-bond acceptors (Lipinski definition) is 4. The maximum absolute atomic E-state index is 12.4. The van der Waals surface area contributed by atoms with Gasteiger partial charge in [-0.25, -0.2) is 4.79 Å². The molecule has 2 aliphatic heterocycles. The Kier molecular flexibility index (Phi) is 7.34. The quantitative estimate of drug-likeness (QED) is 0.581. The second kappa shape index (κ2) is 10.1. The Hall–Kier alpha value is -3.03. The Labute approximate surface area is 214 Å². The largest absolute Gasteiger partial charge is 0.493 e. The number of rotatable bonds is 5. The summed E-state index contributed by atoms with van der Waals surface area (Å²) in [5.74, 6) is 1.03. The molecule has 0 saturated carbocycles. The topological polar surface area (TPSA) is 87.9 Å². The predicted molar refractivity (Wildman–Crippen MR) is 141 cm³/mol. The molecule has 3 heterocycles. The third kappa shape index (κ3) is 4.95. The Morgan fingerprint density at radius 1 is 1.22 bits per heavy atom. The van der Waals surface area contributed by atoms with E-state index in [2.05, 4.69) is 40.8 Å². The van der Waals surface area contributed by atoms with Crippen LogP contribution in [0.4, 0.5) is 10.5 Å². The summed E-state index contributed by atoms with van der Waals surface area (Å²) in [5, 5.41) is 14.3. The van der Waals surface area contributed by atoms with Gasteiger partial charge in [0.1, 0.15) is 5.75 Å². The van der Waals surface area contributed by atoms with E-state index in [0.29, 0.717) is 19.7 Å². The predicted octanol–water partition coefficient (Wildman–Crippen LogP) is 5.61. The minimum atomic E-state index is -0.857. The van der Waals surface area contributed by atoms with Gasteiger partial charge in [0.05, 0.1) is 24.5 Å². The van der Waals surface area contributed by atoms with Crippen LogP contribution in [0.1, 0.15) is 72.4 Å². The summed E-state index contributed by atoms with van der Waals surface area (Å²) < 4.78 is 8.35. The van der Waals surface area contributed by atoms with Crippen molar-refractivity contribution in [2.24, 2.45) is 11.3 Å². The van der Waals surface area contributed by atoms with E-state index in [0.717, 1.165) is 53.8 Å². The maximum atomic E-state index is 12.4. The van der Waals surface area contributed by atoms with Crippen LogP contribution in [-0.4, -0.2) is 57.5 Å². The molecule has 8 nitrogen and oxygen atoms in total. The molecule has 3 unspecified atom stereocenters. The van der Waals surface area contributed by atoms with Gasteiger partial charge in [-0.15, -0.1) is 0 Å². The van der Waals surface area contributed by atoms with Crippen molar-refractivity contribution in [3.05, 3.63) is 30.1 Å². The number of piperidine rings is 1. The zero-order chi connectivity index (χ0) is 26.2. The first-order valence-corrected chi connectivity index (χ1v) is 13.1. The maximum Gasteiger partial charge on any atom is 0.407 e. The summed E-state index contributed by atoms with van der Waals surface area (Å²) in [6.45, 7) is 13.9. The highest BCUT2D eigenvalue weighted by molar-refractivity contribution is 5.95. The second-order valence-corrected chi connectivity index (χ2v) is 11.3. The van der Waals surface area contributed by atoms with Gasteiger partial charge in [0, 0.05) is 54.9 Å². The molecule has 0 radical (unpaired) electrons. The minimum Gasteiger partial charge on any atom is -0.493 e. The number of carboxylic acid groups (broad SMARTS) is 1. The van der Waals surface area contributed by atoms with Crippen molar-refractivity contribution in [1.29, 1.82) is 0 Å². The summed E-state index contributed by atoms with van der Waals surface area (Å²) in [6, 6.07) is 4.36. The highest BCUT2D eigenvalue weighted by Crippen LogP contribution is 2.44. The molecule has 1 fully saturated rings. The lowest BCUT2D eigenvalue weighted by Crippen LogP contribution is -2.48. The molecule has 1 saturated heterocycles. The molecule has 1 aromatic carbocycles. The van der Waals surface area contributed by atoms with E-state index in [9.17, 15) is 14.7 Å². The number of carbonyl (C=O) groups is 2. The molecule has 2 aliphatic rings. The lowest BCUT2D eigenvalue weighted by Gasteiger charge is -2.44. The summed E-state index contributed by atoms with van der Waals surface area (Å²) in [4.78, 5) is 27.5. The molecule has 1 N–H and O–H groups in total. The zero-order valence-corrected chi connectivity index (χ0v) is 22.5. The van der Waals surface area contributed by atoms with Gasteiger partial charge in [-0.3, -0.25) is 9.48 Å². The van der Waals surface area contributed by atoms with Crippen LogP contribution in [0.5, 0.6) is 5.75 Å². The van der Waals surface area contributed by atoms with Crippen LogP contribution >= 0.6 is 0 Å². The molecule has 0 bridgehead atoms. The average molecular weight is 497 g/mol. The standard InChI is InChI=1S/C28H40N4O4/c1-7-14-36-26-21(10-11-24-22(26)9-8-18(2)32(24)19(3)33)20-15-29-31(16-20)25-12-13-30(27(34)35)17-23(25)28(4,5)6/h10-11,15-16,18,23,25H,7-9,12-14,17H2,1-6H3,(H,34,35). The average Bonchev–Trinajstić information content (AvgIpc) is 3.30. The number of carbonyl (C=O) groups excluding carboxylic acids is 1. The number of ether oxygens (including phenoxy) is 1. The zero-order valence-electron chi connectivity index (χ0n) is 22.5. The fourth-order valence-electron chi connectivity index (χ4n) is 5.82. The van der Waals surface area contributed by atoms with E-state index in [1.807, 2.05) is 27.9 Å². The van der Waals surface area contributed by atoms with Gasteiger partial charge >= 0.3 is 6.09 Å². The summed E-state index contributed by atoms with van der Waals surface area (Å²) in [5.41, 5.74) is 3.92. The Morgan fingerprint density at radius 3 is 2.61 bits per heavy atom. The normalized spacial score (nSPS) is 22.3. The van der Waals surface area contributed by atoms with Gasteiger partial charge in [-0.1, -0.05) is 27.7 Å². The molecule has 4 rings (SSSR count). The number of hydrogen-bond donors (Lipinski definition) is 1. The Balaban J connectivity index is 1.72. The van der Waals surface area contributed by atoms with E-state index in [1.54, 1.807) is 6.92 Å². The number of anilines is 1. The van der Waals surface area contributed by atoms with Gasteiger partial charge in [-0.2, -0.15) is 5.10 Å². The molecular weight excluding hydrogens is 456 g/mol. The highest BCUT2D eigenvalue weighted by Gasteiger charge is 2.40. The summed E-state index contributed by atoms with van der Waals surface area (Å²) in [6.07, 6.45) is 6.49. The lowest BCUT2D eigenvalue weighted by atomic mass is 9.73. The molecule has 0 spiro atoms. The van der Waals surface area contributed by atoms with Crippen LogP contribution < -0.4 is 9.64 Å². The Morgan fingerprint density at radius 2 is 1.97 bits per heavy atom. The monoisotopic (exact) mass is 496 g/mol. The first-order valence-electron chi connectivity index (χ1n) is 13.1. The van der Waals surface area contributed by atoms with E-state index in [1.165, 1.54) is 4.90 Å². The molecule has 36 heavy (non-hydrogen) atoms. The summed E-state index contributed by atoms with van der Waals surface area (Å²) >= 11 is 0. The number of nitrogens with zero attached hydrogens (tertiary/aromatic N) is 4. The SMILES string of the molecule is CCCOc1c(-c2cnn(C3CCN(C(=O)O)CC3C(C)(C)C)c2)ccc2c1CCC(C)N2C(C)=O. The number of aromatic nitrogens is 2. The van der Waals surface area contributed by atoms with Crippen molar-refractivity contribution >= 4 is 17.7 Å². The van der Waals surface area contributed by atoms with Crippen molar-refractivity contribution in [2.75, 3.05) is 24.6 Å². The van der Waals surface area contributed by atoms with Crippen LogP contribution in [-0.2, 0) is 11.2 Å². The lowest BCUT2D eigenvalue weighted by molar-refractivity contribution is -0.117. The molecule has 2 aromatic rings. The van der Waals surface area contributed by atoms with Gasteiger partial charge in [0.15, 0.2) is 0 Å². The summed E-state index contributed by atoms with van der Waals surface area (Å²) in [7, 11) is 0. The first-order chi connectivity index (χ1) is 17.0. The van der Waals surface area contributed by atoms with Crippen LogP contribution in [0.3, 0.4) is 0 Å². The number of fused-ring (bicyclic) bond motifs is 1. The molecule has 3 atom stereocenters. The number of likely N-dealkylation sites (tertiary alicyclic amines) is 1. The van der Waals surface area contributed by atoms with Gasteiger partial charge in [-0.05, 0) is 50.2 Å². The molecule has 2 amide bonds. The third-order valence-electron chi connectivity index (χ3n) is 7.75. The van der Waals surface area contributed by atoms with E-state index in [4.69, 9.17) is 9.84 Å². The Bertz CT molecular complexity index is 1120. The smallest absolute Gasteiger partial charge is 0.407 e. The van der Waals surface area contributed by atoms with Crippen LogP contribution in [0.25, 0.3) is 11.1 Å². The van der Waals surface area contributed by atoms with E-state index >= 15 is 0 Å². The first kappa shape index (κ1) is 26.0. The van der Waals surface area contributed by atoms with Gasteiger partial charge in [0.25, 0.3) is 0 Å². The third-order valence-corrected chi connectivity index (χ3v) is 7.75. The van der Waals surface area contributed by atoms with Crippen LogP contribution in [0.2, 0.25) is 0 Å². The van der Waals surface area contributed by atoms with Crippen LogP contribution in [0.15, 0.2) is 24.5 Å². The minimum absolute atomic E-state index is 0.0476. The van der Waals surface area contributed by atoms with Crippen LogP contribution in [0, 0.1) is 11.3 Å². The number of amides is 2. The molecule has 196 valence electrons. The fourth-order valence-corrected chi connectivity index (χ4v) is 5.82. The van der Waals surface area contributed by atoms with Crippen molar-refractivity contribution in [1.82, 2.24) is 14.7 Å². The molecule has 1 aromatic heterocycles. The van der Waals surface area contributed by atoms with Crippen molar-refractivity contribution in [3.8, 4) is 16.9 Å². The van der Waals surface area contributed by atoms with Gasteiger partial charge in [0.2, 0.25) is 5.91 Å². The van der Waals surface area contributed by atoms with Crippen molar-refractivity contribution in [3.63, 3.8) is 0 Å². The fraction of sp³-hybridized carbons (Fsp3) is 0.607. The van der Waals surface area contributed by atoms with E-state index in [-0.39, 0.29) is 29.3 Å². The van der Waals surface area contributed by atoms with Crippen molar-refractivity contribution < 1.29 is 19.4 Å². The highest BCUT2D eigenvalue weighted by atomic mass is 16.5. The van der Waals surface area contributed by atoms with E-state index < -0.39 is 6.09 Å². The molecular formula is C28H40N4O4. The number of benzene rings is 1. The van der Waals surface area contributed by atoms with Crippen molar-refractivity contribution in [2.45, 2.75) is 79.3 Å². The molecule has 8 heteroatoms. The molecule has 0 aliphatic carbocycles. The van der Waals surface area contributed by atoms with Gasteiger partial charge < -0.3 is 19.6 Å².